The van der Waals surface area contributed by atoms with Gasteiger partial charge in [-0.3, -0.25) is 4.57 Å². The topological polar surface area (TPSA) is 38.3 Å². The molecule has 0 amide bonds. The van der Waals surface area contributed by atoms with Gasteiger partial charge in [0.05, 0.1) is 16.3 Å². The molecule has 0 saturated heterocycles. The van der Waals surface area contributed by atoms with Gasteiger partial charge in [-0.1, -0.05) is 48.5 Å². The molecule has 1 N–H and O–H groups in total. The van der Waals surface area contributed by atoms with Crippen LogP contribution in [0.25, 0.3) is 0 Å². The first-order valence-corrected chi connectivity index (χ1v) is 9.04. The number of hydrogen-bond donors (Lipinski definition) is 1. The van der Waals surface area contributed by atoms with Crippen molar-refractivity contribution in [1.82, 2.24) is 0 Å². The Balaban J connectivity index is 2.12. The number of benzene rings is 3. The minimum absolute atomic E-state index is 0.575. The minimum Gasteiger partial charge on any atom is -0.435 e. The average molecular weight is 323 g/mol. The minimum atomic E-state index is -3.23. The van der Waals surface area contributed by atoms with Crippen molar-refractivity contribution in [3.05, 3.63) is 84.9 Å². The summed E-state index contributed by atoms with van der Waals surface area (Å²) in [5.41, 5.74) is 0.805. The van der Waals surface area contributed by atoms with Crippen molar-refractivity contribution in [2.45, 2.75) is 0 Å². The SMILES string of the molecule is CNc1ccccc1OP(=O)(c1ccccc1)c1ccccc1. The van der Waals surface area contributed by atoms with E-state index in [0.717, 1.165) is 5.69 Å². The molecule has 3 aromatic carbocycles. The number of nitrogens with one attached hydrogen (secondary N) is 1. The summed E-state index contributed by atoms with van der Waals surface area (Å²) in [5, 5.41) is 4.43. The summed E-state index contributed by atoms with van der Waals surface area (Å²) in [7, 11) is -1.41. The molecule has 3 nitrogen and oxygen atoms in total. The third-order valence-electron chi connectivity index (χ3n) is 3.58. The summed E-state index contributed by atoms with van der Waals surface area (Å²) >= 11 is 0. The van der Waals surface area contributed by atoms with Gasteiger partial charge in [-0.2, -0.15) is 0 Å². The van der Waals surface area contributed by atoms with E-state index in [1.807, 2.05) is 92.0 Å². The smallest absolute Gasteiger partial charge is 0.306 e. The zero-order valence-corrected chi connectivity index (χ0v) is 13.7. The maximum atomic E-state index is 13.8. The van der Waals surface area contributed by atoms with Crippen LogP contribution in [-0.2, 0) is 4.57 Å². The Morgan fingerprint density at radius 2 is 1.22 bits per heavy atom. The van der Waals surface area contributed by atoms with Crippen LogP contribution in [0.3, 0.4) is 0 Å². The van der Waals surface area contributed by atoms with E-state index in [1.54, 1.807) is 0 Å². The van der Waals surface area contributed by atoms with Crippen molar-refractivity contribution in [1.29, 1.82) is 0 Å². The Morgan fingerprint density at radius 3 is 1.74 bits per heavy atom. The Hall–Kier alpha value is -2.51. The maximum absolute atomic E-state index is 13.8. The lowest BCUT2D eigenvalue weighted by molar-refractivity contribution is 0.503. The number of anilines is 1. The normalized spacial score (nSPS) is 11.0. The van der Waals surface area contributed by atoms with Crippen molar-refractivity contribution < 1.29 is 9.09 Å². The van der Waals surface area contributed by atoms with E-state index in [9.17, 15) is 4.57 Å². The molecule has 3 rings (SSSR count). The Bertz CT molecular complexity index is 776. The van der Waals surface area contributed by atoms with Gasteiger partial charge in [0, 0.05) is 7.05 Å². The van der Waals surface area contributed by atoms with Gasteiger partial charge in [0.25, 0.3) is 0 Å². The summed E-state index contributed by atoms with van der Waals surface area (Å²) < 4.78 is 19.9. The third kappa shape index (κ3) is 3.15. The first-order chi connectivity index (χ1) is 11.2. The second-order valence-corrected chi connectivity index (χ2v) is 7.38. The maximum Gasteiger partial charge on any atom is 0.306 e. The van der Waals surface area contributed by atoms with Crippen LogP contribution in [0.5, 0.6) is 5.75 Å². The van der Waals surface area contributed by atoms with E-state index in [0.29, 0.717) is 16.4 Å². The molecular weight excluding hydrogens is 305 g/mol. The van der Waals surface area contributed by atoms with Crippen LogP contribution in [0.4, 0.5) is 5.69 Å². The fourth-order valence-electron chi connectivity index (χ4n) is 2.39. The van der Waals surface area contributed by atoms with Crippen LogP contribution in [0.15, 0.2) is 84.9 Å². The standard InChI is InChI=1S/C19H18NO2P/c1-20-18-14-8-9-15-19(18)22-23(21,16-10-4-2-5-11-16)17-12-6-3-7-13-17/h2-15,20H,1H3. The van der Waals surface area contributed by atoms with E-state index in [2.05, 4.69) is 5.32 Å². The Kier molecular flexibility index (Phi) is 4.50. The largest absolute Gasteiger partial charge is 0.435 e. The highest BCUT2D eigenvalue weighted by atomic mass is 31.2. The van der Waals surface area contributed by atoms with Gasteiger partial charge in [0.15, 0.2) is 5.75 Å². The molecule has 0 heterocycles. The monoisotopic (exact) mass is 323 g/mol. The first kappa shape index (κ1) is 15.4. The van der Waals surface area contributed by atoms with Gasteiger partial charge in [-0.05, 0) is 36.4 Å². The molecule has 0 radical (unpaired) electrons. The van der Waals surface area contributed by atoms with Crippen LogP contribution >= 0.6 is 7.37 Å². The second-order valence-electron chi connectivity index (χ2n) is 5.06. The molecule has 0 aliphatic rings. The Labute approximate surface area is 136 Å². The second kappa shape index (κ2) is 6.72. The van der Waals surface area contributed by atoms with Crippen molar-refractivity contribution in [3.8, 4) is 5.75 Å². The van der Waals surface area contributed by atoms with Crippen LogP contribution in [0.1, 0.15) is 0 Å². The van der Waals surface area contributed by atoms with E-state index in [1.165, 1.54) is 0 Å². The molecule has 116 valence electrons. The van der Waals surface area contributed by atoms with Crippen LogP contribution in [0.2, 0.25) is 0 Å². The number of rotatable bonds is 5. The zero-order chi connectivity index (χ0) is 16.1. The van der Waals surface area contributed by atoms with Crippen LogP contribution in [0, 0.1) is 0 Å². The molecule has 0 saturated carbocycles. The quantitative estimate of drug-likeness (QED) is 0.720. The Morgan fingerprint density at radius 1 is 0.739 bits per heavy atom. The highest BCUT2D eigenvalue weighted by Gasteiger charge is 2.30. The summed E-state index contributed by atoms with van der Waals surface area (Å²) in [4.78, 5) is 0. The van der Waals surface area contributed by atoms with Gasteiger partial charge in [0.2, 0.25) is 0 Å². The molecule has 0 bridgehead atoms. The molecule has 0 aromatic heterocycles. The van der Waals surface area contributed by atoms with Crippen molar-refractivity contribution in [2.24, 2.45) is 0 Å². The van der Waals surface area contributed by atoms with Crippen molar-refractivity contribution in [2.75, 3.05) is 12.4 Å². The van der Waals surface area contributed by atoms with Gasteiger partial charge in [-0.25, -0.2) is 0 Å². The van der Waals surface area contributed by atoms with E-state index < -0.39 is 7.37 Å². The molecule has 0 spiro atoms. The number of para-hydroxylation sites is 2. The first-order valence-electron chi connectivity index (χ1n) is 7.42. The highest BCUT2D eigenvalue weighted by Crippen LogP contribution is 2.46. The van der Waals surface area contributed by atoms with Gasteiger partial charge in [0.1, 0.15) is 0 Å². The lowest BCUT2D eigenvalue weighted by atomic mass is 10.3. The van der Waals surface area contributed by atoms with Crippen molar-refractivity contribution >= 4 is 23.7 Å². The third-order valence-corrected chi connectivity index (χ3v) is 5.99. The molecule has 0 aliphatic heterocycles. The lowest BCUT2D eigenvalue weighted by Crippen LogP contribution is -2.20. The predicted octanol–water partition coefficient (Wildman–Crippen LogP) is 4.04. The summed E-state index contributed by atoms with van der Waals surface area (Å²) in [6, 6.07) is 26.2. The molecule has 3 aromatic rings. The fourth-order valence-corrected chi connectivity index (χ4v) is 4.47. The number of hydrogen-bond acceptors (Lipinski definition) is 3. The average Bonchev–Trinajstić information content (AvgIpc) is 2.63. The summed E-state index contributed by atoms with van der Waals surface area (Å²) in [5.74, 6) is 0.575. The lowest BCUT2D eigenvalue weighted by Gasteiger charge is -2.21. The fraction of sp³-hybridized carbons (Fsp3) is 0.0526. The van der Waals surface area contributed by atoms with Gasteiger partial charge >= 0.3 is 7.37 Å². The van der Waals surface area contributed by atoms with E-state index in [4.69, 9.17) is 4.52 Å². The zero-order valence-electron chi connectivity index (χ0n) is 12.8. The van der Waals surface area contributed by atoms with E-state index >= 15 is 0 Å². The molecular formula is C19H18NO2P. The van der Waals surface area contributed by atoms with Gasteiger partial charge < -0.3 is 9.84 Å². The highest BCUT2D eigenvalue weighted by molar-refractivity contribution is 7.74. The van der Waals surface area contributed by atoms with E-state index in [-0.39, 0.29) is 0 Å². The summed E-state index contributed by atoms with van der Waals surface area (Å²) in [6.07, 6.45) is 0. The molecule has 0 unspecified atom stereocenters. The van der Waals surface area contributed by atoms with Crippen LogP contribution in [-0.4, -0.2) is 7.05 Å². The van der Waals surface area contributed by atoms with Gasteiger partial charge in [-0.15, -0.1) is 0 Å². The van der Waals surface area contributed by atoms with Crippen LogP contribution < -0.4 is 20.4 Å². The predicted molar refractivity (Wildman–Crippen MR) is 96.4 cm³/mol. The molecule has 0 atom stereocenters. The molecule has 23 heavy (non-hydrogen) atoms. The molecule has 0 aliphatic carbocycles. The molecule has 4 heteroatoms. The summed E-state index contributed by atoms with van der Waals surface area (Å²) in [6.45, 7) is 0. The van der Waals surface area contributed by atoms with Crippen molar-refractivity contribution in [3.63, 3.8) is 0 Å². The molecule has 0 fully saturated rings.